The number of aryl methyl sites for hydroxylation is 2. The summed E-state index contributed by atoms with van der Waals surface area (Å²) in [4.78, 5) is 12.3. The standard InChI is InChI=1S/C13H18N6O/c1-4-20-13-17-11(16-12(18-13)19-14)15-10-6-5-8(2)7-9(10)3/h5-7H,4,14H2,1-3H3,(H2,15,16,17,18,19). The van der Waals surface area contributed by atoms with Gasteiger partial charge in [0.05, 0.1) is 6.61 Å². The summed E-state index contributed by atoms with van der Waals surface area (Å²) >= 11 is 0. The molecule has 0 amide bonds. The Bertz CT molecular complexity index is 601. The summed E-state index contributed by atoms with van der Waals surface area (Å²) in [7, 11) is 0. The molecule has 7 nitrogen and oxygen atoms in total. The maximum Gasteiger partial charge on any atom is 0.323 e. The van der Waals surface area contributed by atoms with E-state index in [0.717, 1.165) is 11.3 Å². The number of aromatic nitrogens is 3. The predicted molar refractivity (Wildman–Crippen MR) is 78.0 cm³/mol. The van der Waals surface area contributed by atoms with Crippen LogP contribution in [-0.2, 0) is 0 Å². The van der Waals surface area contributed by atoms with Crippen molar-refractivity contribution in [2.45, 2.75) is 20.8 Å². The fraction of sp³-hybridized carbons (Fsp3) is 0.308. The van der Waals surface area contributed by atoms with Gasteiger partial charge in [0.1, 0.15) is 0 Å². The molecule has 20 heavy (non-hydrogen) atoms. The molecule has 4 N–H and O–H groups in total. The van der Waals surface area contributed by atoms with Crippen LogP contribution in [0.1, 0.15) is 18.1 Å². The van der Waals surface area contributed by atoms with E-state index in [2.05, 4.69) is 31.8 Å². The zero-order valence-electron chi connectivity index (χ0n) is 11.8. The van der Waals surface area contributed by atoms with Crippen molar-refractivity contribution < 1.29 is 4.74 Å². The van der Waals surface area contributed by atoms with E-state index in [1.165, 1.54) is 5.56 Å². The topological polar surface area (TPSA) is 98.0 Å². The quantitative estimate of drug-likeness (QED) is 0.566. The van der Waals surface area contributed by atoms with Crippen molar-refractivity contribution in [2.75, 3.05) is 17.3 Å². The highest BCUT2D eigenvalue weighted by molar-refractivity contribution is 5.59. The minimum atomic E-state index is 0.225. The number of benzene rings is 1. The van der Waals surface area contributed by atoms with Crippen molar-refractivity contribution in [1.82, 2.24) is 15.0 Å². The molecule has 1 aromatic carbocycles. The molecular weight excluding hydrogens is 256 g/mol. The second-order valence-corrected chi connectivity index (χ2v) is 4.29. The number of hydrogen-bond donors (Lipinski definition) is 3. The molecule has 0 aliphatic carbocycles. The molecule has 0 unspecified atom stereocenters. The SMILES string of the molecule is CCOc1nc(NN)nc(Nc2ccc(C)cc2C)n1. The third kappa shape index (κ3) is 3.33. The summed E-state index contributed by atoms with van der Waals surface area (Å²) in [5, 5.41) is 3.14. The van der Waals surface area contributed by atoms with Crippen molar-refractivity contribution in [3.63, 3.8) is 0 Å². The van der Waals surface area contributed by atoms with Gasteiger partial charge < -0.3 is 10.1 Å². The van der Waals surface area contributed by atoms with Gasteiger partial charge in [0, 0.05) is 5.69 Å². The number of hydrogen-bond acceptors (Lipinski definition) is 7. The predicted octanol–water partition coefficient (Wildman–Crippen LogP) is 1.92. The van der Waals surface area contributed by atoms with Crippen molar-refractivity contribution in [1.29, 1.82) is 0 Å². The molecule has 0 spiro atoms. The third-order valence-corrected chi connectivity index (χ3v) is 2.65. The van der Waals surface area contributed by atoms with Gasteiger partial charge in [0.25, 0.3) is 0 Å². The van der Waals surface area contributed by atoms with Gasteiger partial charge >= 0.3 is 6.01 Å². The Morgan fingerprint density at radius 3 is 2.55 bits per heavy atom. The maximum atomic E-state index is 5.34. The van der Waals surface area contributed by atoms with Crippen LogP contribution in [0.4, 0.5) is 17.6 Å². The highest BCUT2D eigenvalue weighted by Gasteiger charge is 2.08. The highest BCUT2D eigenvalue weighted by atomic mass is 16.5. The average Bonchev–Trinajstić information content (AvgIpc) is 2.42. The van der Waals surface area contributed by atoms with E-state index >= 15 is 0 Å². The Balaban J connectivity index is 2.29. The van der Waals surface area contributed by atoms with Gasteiger partial charge in [-0.05, 0) is 32.4 Å². The minimum Gasteiger partial charge on any atom is -0.464 e. The van der Waals surface area contributed by atoms with Crippen molar-refractivity contribution in [3.05, 3.63) is 29.3 Å². The van der Waals surface area contributed by atoms with Crippen LogP contribution in [0.25, 0.3) is 0 Å². The van der Waals surface area contributed by atoms with E-state index in [9.17, 15) is 0 Å². The summed E-state index contributed by atoms with van der Waals surface area (Å²) in [6, 6.07) is 6.30. The lowest BCUT2D eigenvalue weighted by Crippen LogP contribution is -2.13. The van der Waals surface area contributed by atoms with E-state index in [1.54, 1.807) is 0 Å². The van der Waals surface area contributed by atoms with Gasteiger partial charge in [-0.25, -0.2) is 5.84 Å². The van der Waals surface area contributed by atoms with Gasteiger partial charge in [0.2, 0.25) is 11.9 Å². The molecule has 7 heteroatoms. The number of nitrogens with one attached hydrogen (secondary N) is 2. The number of ether oxygens (including phenoxy) is 1. The van der Waals surface area contributed by atoms with Crippen molar-refractivity contribution in [2.24, 2.45) is 5.84 Å². The number of nitrogens with two attached hydrogens (primary N) is 1. The van der Waals surface area contributed by atoms with E-state index < -0.39 is 0 Å². The zero-order valence-corrected chi connectivity index (χ0v) is 11.8. The summed E-state index contributed by atoms with van der Waals surface area (Å²) in [5.41, 5.74) is 5.62. The van der Waals surface area contributed by atoms with E-state index in [0.29, 0.717) is 12.6 Å². The van der Waals surface area contributed by atoms with E-state index in [-0.39, 0.29) is 12.0 Å². The Morgan fingerprint density at radius 1 is 1.15 bits per heavy atom. The summed E-state index contributed by atoms with van der Waals surface area (Å²) in [5.74, 6) is 5.96. The van der Waals surface area contributed by atoms with Crippen LogP contribution < -0.4 is 21.3 Å². The summed E-state index contributed by atoms with van der Waals surface area (Å²) in [6.45, 7) is 6.39. The third-order valence-electron chi connectivity index (χ3n) is 2.65. The lowest BCUT2D eigenvalue weighted by Gasteiger charge is -2.10. The average molecular weight is 274 g/mol. The van der Waals surface area contributed by atoms with Crippen LogP contribution >= 0.6 is 0 Å². The second-order valence-electron chi connectivity index (χ2n) is 4.29. The first-order valence-corrected chi connectivity index (χ1v) is 6.32. The maximum absolute atomic E-state index is 5.34. The molecule has 106 valence electrons. The van der Waals surface area contributed by atoms with Crippen molar-refractivity contribution in [3.8, 4) is 6.01 Å². The molecule has 0 aliphatic rings. The molecule has 0 atom stereocenters. The molecule has 0 radical (unpaired) electrons. The molecule has 2 aromatic rings. The van der Waals surface area contributed by atoms with Crippen LogP contribution in [0, 0.1) is 13.8 Å². The first-order valence-electron chi connectivity index (χ1n) is 6.32. The Kier molecular flexibility index (Phi) is 4.31. The number of rotatable bonds is 5. The van der Waals surface area contributed by atoms with Crippen LogP contribution in [0.15, 0.2) is 18.2 Å². The summed E-state index contributed by atoms with van der Waals surface area (Å²) < 4.78 is 5.28. The Labute approximate surface area is 117 Å². The largest absolute Gasteiger partial charge is 0.464 e. The molecule has 0 aliphatic heterocycles. The molecule has 0 saturated heterocycles. The van der Waals surface area contributed by atoms with Gasteiger partial charge in [-0.1, -0.05) is 17.7 Å². The first kappa shape index (κ1) is 14.0. The van der Waals surface area contributed by atoms with Crippen molar-refractivity contribution >= 4 is 17.6 Å². The molecule has 0 bridgehead atoms. The van der Waals surface area contributed by atoms with Gasteiger partial charge in [-0.3, -0.25) is 5.43 Å². The number of hydrazine groups is 1. The monoisotopic (exact) mass is 274 g/mol. The van der Waals surface area contributed by atoms with Crippen LogP contribution in [0.5, 0.6) is 6.01 Å². The molecule has 0 fully saturated rings. The lowest BCUT2D eigenvalue weighted by atomic mass is 10.1. The van der Waals surface area contributed by atoms with E-state index in [1.807, 2.05) is 32.9 Å². The molecule has 0 saturated carbocycles. The highest BCUT2D eigenvalue weighted by Crippen LogP contribution is 2.20. The number of nitrogen functional groups attached to an aromatic ring is 1. The fourth-order valence-corrected chi connectivity index (χ4v) is 1.74. The van der Waals surface area contributed by atoms with Gasteiger partial charge in [-0.2, -0.15) is 15.0 Å². The summed E-state index contributed by atoms with van der Waals surface area (Å²) in [6.07, 6.45) is 0. The Morgan fingerprint density at radius 2 is 1.90 bits per heavy atom. The fourth-order valence-electron chi connectivity index (χ4n) is 1.74. The molecule has 2 rings (SSSR count). The lowest BCUT2D eigenvalue weighted by molar-refractivity contribution is 0.312. The van der Waals surface area contributed by atoms with E-state index in [4.69, 9.17) is 10.6 Å². The number of nitrogens with zero attached hydrogens (tertiary/aromatic N) is 3. The van der Waals surface area contributed by atoms with Gasteiger partial charge in [0.15, 0.2) is 0 Å². The number of anilines is 3. The smallest absolute Gasteiger partial charge is 0.323 e. The molecule has 1 aromatic heterocycles. The Hall–Kier alpha value is -2.41. The van der Waals surface area contributed by atoms with Crippen LogP contribution in [0.3, 0.4) is 0 Å². The minimum absolute atomic E-state index is 0.225. The zero-order chi connectivity index (χ0) is 14.5. The van der Waals surface area contributed by atoms with Crippen LogP contribution in [-0.4, -0.2) is 21.6 Å². The first-order chi connectivity index (χ1) is 9.62. The van der Waals surface area contributed by atoms with Crippen LogP contribution in [0.2, 0.25) is 0 Å². The van der Waals surface area contributed by atoms with Gasteiger partial charge in [-0.15, -0.1) is 0 Å². The molecule has 1 heterocycles. The normalized spacial score (nSPS) is 10.2. The molecular formula is C13H18N6O. The second kappa shape index (κ2) is 6.16.